The van der Waals surface area contributed by atoms with Crippen molar-refractivity contribution in [1.29, 1.82) is 0 Å². The highest BCUT2D eigenvalue weighted by Crippen LogP contribution is 2.53. The molecule has 9 heteroatoms. The molecule has 0 fully saturated rings. The standard InChI is InChI=1S/C43H41Cl4N3O2/c1-3-5-7-9-11-15-23(16-12-10-8-6-4-2)50-42(51)24-19-26(44)35-37-28(46)21-32-39-33(49-31-18-14-13-17-30(31)48-32)22-29(47)38(41(37)39)36-27(45)20-25(43(50)52)34(24)40(35)36/h13-14,17-23,48,52H,3-12,15-16H2,1-2H3. The van der Waals surface area contributed by atoms with Crippen LogP contribution < -0.4 is 5.56 Å². The summed E-state index contributed by atoms with van der Waals surface area (Å²) < 4.78 is 1.63. The molecule has 8 aromatic rings. The Hall–Kier alpha value is -3.48. The first kappa shape index (κ1) is 35.5. The Morgan fingerprint density at radius 2 is 1.15 bits per heavy atom. The fourth-order valence-corrected chi connectivity index (χ4v) is 9.83. The van der Waals surface area contributed by atoms with Gasteiger partial charge in [0.05, 0.1) is 37.5 Å². The van der Waals surface area contributed by atoms with Gasteiger partial charge in [-0.15, -0.1) is 0 Å². The highest BCUT2D eigenvalue weighted by atomic mass is 35.5. The van der Waals surface area contributed by atoms with Gasteiger partial charge < -0.3 is 10.1 Å². The van der Waals surface area contributed by atoms with Gasteiger partial charge in [0, 0.05) is 64.6 Å². The Morgan fingerprint density at radius 3 is 1.79 bits per heavy atom. The van der Waals surface area contributed by atoms with E-state index in [4.69, 9.17) is 51.4 Å². The zero-order chi connectivity index (χ0) is 36.3. The monoisotopic (exact) mass is 771 g/mol. The van der Waals surface area contributed by atoms with Crippen LogP contribution in [0, 0.1) is 0 Å². The molecule has 5 nitrogen and oxygen atoms in total. The maximum Gasteiger partial charge on any atom is 0.261 e. The number of fused-ring (bicyclic) bond motifs is 3. The molecule has 52 heavy (non-hydrogen) atoms. The van der Waals surface area contributed by atoms with Crippen LogP contribution in [0.3, 0.4) is 0 Å². The van der Waals surface area contributed by atoms with E-state index in [1.165, 1.54) is 38.5 Å². The number of unbranched alkanes of at least 4 members (excludes halogenated alkanes) is 8. The lowest BCUT2D eigenvalue weighted by molar-refractivity contribution is 0.333. The summed E-state index contributed by atoms with van der Waals surface area (Å²) in [6, 6.07) is 15.0. The van der Waals surface area contributed by atoms with Crippen molar-refractivity contribution in [1.82, 2.24) is 14.5 Å². The summed E-state index contributed by atoms with van der Waals surface area (Å²) in [5.41, 5.74) is 2.87. The molecule has 0 aliphatic carbocycles. The molecule has 6 aromatic carbocycles. The van der Waals surface area contributed by atoms with E-state index in [-0.39, 0.29) is 17.5 Å². The molecule has 0 saturated heterocycles. The van der Waals surface area contributed by atoms with Crippen LogP contribution in [0.2, 0.25) is 20.1 Å². The maximum absolute atomic E-state index is 14.7. The Bertz CT molecular complexity index is 2610. The molecule has 0 aliphatic rings. The quantitative estimate of drug-likeness (QED) is 0.0696. The largest absolute Gasteiger partial charge is 0.494 e. The Kier molecular flexibility index (Phi) is 9.84. The molecule has 0 spiro atoms. The average molecular weight is 774 g/mol. The average Bonchev–Trinajstić information content (AvgIpc) is 3.28. The van der Waals surface area contributed by atoms with Gasteiger partial charge in [-0.25, -0.2) is 4.98 Å². The van der Waals surface area contributed by atoms with E-state index < -0.39 is 0 Å². The topological polar surface area (TPSA) is 70.9 Å². The van der Waals surface area contributed by atoms with Gasteiger partial charge in [-0.3, -0.25) is 9.36 Å². The fourth-order valence-electron chi connectivity index (χ4n) is 8.65. The van der Waals surface area contributed by atoms with E-state index in [1.807, 2.05) is 36.4 Å². The number of hydrogen-bond acceptors (Lipinski definition) is 3. The Morgan fingerprint density at radius 1 is 0.615 bits per heavy atom. The maximum atomic E-state index is 14.7. The third-order valence-corrected chi connectivity index (χ3v) is 12.3. The summed E-state index contributed by atoms with van der Waals surface area (Å²) in [5.74, 6) is -0.0585. The molecule has 2 aromatic heterocycles. The number of para-hydroxylation sites is 2. The molecule has 0 radical (unpaired) electrons. The first-order valence-electron chi connectivity index (χ1n) is 18.7. The van der Waals surface area contributed by atoms with E-state index >= 15 is 0 Å². The van der Waals surface area contributed by atoms with Crippen LogP contribution in [0.4, 0.5) is 0 Å². The lowest BCUT2D eigenvalue weighted by atomic mass is 9.86. The second-order valence-corrected chi connectivity index (χ2v) is 16.0. The van der Waals surface area contributed by atoms with Crippen LogP contribution in [0.15, 0.2) is 53.3 Å². The second-order valence-electron chi connectivity index (χ2n) is 14.4. The van der Waals surface area contributed by atoms with Crippen molar-refractivity contribution in [2.45, 2.75) is 96.9 Å². The van der Waals surface area contributed by atoms with E-state index in [9.17, 15) is 9.90 Å². The third-order valence-electron chi connectivity index (χ3n) is 11.1. The van der Waals surface area contributed by atoms with E-state index in [0.29, 0.717) is 68.7 Å². The van der Waals surface area contributed by atoms with Crippen molar-refractivity contribution in [3.63, 3.8) is 0 Å². The first-order chi connectivity index (χ1) is 25.2. The lowest BCUT2D eigenvalue weighted by Crippen LogP contribution is -2.25. The van der Waals surface area contributed by atoms with Gasteiger partial charge in [-0.05, 0) is 49.2 Å². The van der Waals surface area contributed by atoms with Gasteiger partial charge in [-0.2, -0.15) is 0 Å². The number of rotatable bonds is 13. The summed E-state index contributed by atoms with van der Waals surface area (Å²) in [4.78, 5) is 23.3. The molecule has 0 aliphatic heterocycles. The van der Waals surface area contributed by atoms with Gasteiger partial charge in [-0.1, -0.05) is 137 Å². The summed E-state index contributed by atoms with van der Waals surface area (Å²) >= 11 is 29.1. The predicted octanol–water partition coefficient (Wildman–Crippen LogP) is 14.7. The zero-order valence-corrected chi connectivity index (χ0v) is 32.5. The van der Waals surface area contributed by atoms with Crippen LogP contribution in [0.1, 0.15) is 96.9 Å². The lowest BCUT2D eigenvalue weighted by Gasteiger charge is -2.25. The molecular weight excluding hydrogens is 732 g/mol. The fraction of sp³-hybridized carbons (Fsp3) is 0.349. The number of benzene rings is 6. The third kappa shape index (κ3) is 5.75. The van der Waals surface area contributed by atoms with Crippen molar-refractivity contribution >= 4 is 122 Å². The molecule has 0 unspecified atom stereocenters. The minimum absolute atomic E-state index is 0.0585. The molecule has 0 atom stereocenters. The van der Waals surface area contributed by atoms with Gasteiger partial charge in [0.2, 0.25) is 5.88 Å². The van der Waals surface area contributed by atoms with Gasteiger partial charge in [0.1, 0.15) is 0 Å². The summed E-state index contributed by atoms with van der Waals surface area (Å²) in [5, 5.41) is 20.5. The summed E-state index contributed by atoms with van der Waals surface area (Å²) in [7, 11) is 0. The van der Waals surface area contributed by atoms with E-state index in [1.54, 1.807) is 16.7 Å². The number of H-pyrrole nitrogens is 1. The van der Waals surface area contributed by atoms with Crippen LogP contribution in [-0.4, -0.2) is 19.6 Å². The van der Waals surface area contributed by atoms with Crippen molar-refractivity contribution in [2.24, 2.45) is 0 Å². The second kappa shape index (κ2) is 14.4. The molecule has 2 heterocycles. The molecule has 268 valence electrons. The van der Waals surface area contributed by atoms with Gasteiger partial charge in [0.15, 0.2) is 0 Å². The van der Waals surface area contributed by atoms with E-state index in [0.717, 1.165) is 65.8 Å². The molecule has 0 bridgehead atoms. The van der Waals surface area contributed by atoms with Crippen LogP contribution in [-0.2, 0) is 0 Å². The highest BCUT2D eigenvalue weighted by molar-refractivity contribution is 6.56. The van der Waals surface area contributed by atoms with Crippen molar-refractivity contribution in [3.8, 4) is 5.88 Å². The van der Waals surface area contributed by atoms with Crippen LogP contribution in [0.25, 0.3) is 75.9 Å². The highest BCUT2D eigenvalue weighted by Gasteiger charge is 2.29. The minimum Gasteiger partial charge on any atom is -0.494 e. The predicted molar refractivity (Wildman–Crippen MR) is 224 cm³/mol. The van der Waals surface area contributed by atoms with E-state index in [2.05, 4.69) is 18.8 Å². The number of aromatic hydroxyl groups is 1. The van der Waals surface area contributed by atoms with Gasteiger partial charge in [0.25, 0.3) is 5.56 Å². The Balaban J connectivity index is 1.43. The smallest absolute Gasteiger partial charge is 0.261 e. The van der Waals surface area contributed by atoms with Gasteiger partial charge >= 0.3 is 0 Å². The summed E-state index contributed by atoms with van der Waals surface area (Å²) in [6.07, 6.45) is 12.9. The molecule has 8 rings (SSSR count). The first-order valence-corrected chi connectivity index (χ1v) is 20.2. The molecule has 2 N–H and O–H groups in total. The van der Waals surface area contributed by atoms with Crippen LogP contribution in [0.5, 0.6) is 5.88 Å². The zero-order valence-electron chi connectivity index (χ0n) is 29.4. The number of hydrogen-bond donors (Lipinski definition) is 2. The van der Waals surface area contributed by atoms with Crippen molar-refractivity contribution in [2.75, 3.05) is 0 Å². The molecule has 0 saturated carbocycles. The number of pyridine rings is 1. The minimum atomic E-state index is -0.246. The Labute approximate surface area is 322 Å². The number of halogens is 4. The number of aromatic amines is 1. The van der Waals surface area contributed by atoms with Crippen molar-refractivity contribution < 1.29 is 5.11 Å². The summed E-state index contributed by atoms with van der Waals surface area (Å²) in [6.45, 7) is 4.42. The van der Waals surface area contributed by atoms with Crippen molar-refractivity contribution in [3.05, 3.63) is 79.0 Å². The SMILES string of the molecule is CCCCCCCC(CCCCCCC)n1c(O)c2cc(Cl)c3c4c(Cl)cc5nc6ccccc6[nH]c6cc(Cl)c(c7c(Cl)cc(c1=O)c2c37)c4c56. The number of aromatic nitrogens is 3. The number of nitrogens with zero attached hydrogens (tertiary/aromatic N) is 2. The molecular formula is C43H41Cl4N3O2. The van der Waals surface area contributed by atoms with Crippen LogP contribution >= 0.6 is 46.4 Å². The molecule has 0 amide bonds. The normalized spacial score (nSPS) is 12.5. The number of nitrogens with one attached hydrogen (secondary N) is 1.